The molecule has 0 aromatic carbocycles. The van der Waals surface area contributed by atoms with Crippen molar-refractivity contribution >= 4 is 23.7 Å². The van der Waals surface area contributed by atoms with Gasteiger partial charge in [-0.1, -0.05) is 48.0 Å². The number of aliphatic hydroxyl groups is 1. The Labute approximate surface area is 178 Å². The monoisotopic (exact) mass is 430 g/mol. The van der Waals surface area contributed by atoms with Crippen LogP contribution in [0.3, 0.4) is 0 Å². The minimum atomic E-state index is -1.51. The summed E-state index contributed by atoms with van der Waals surface area (Å²) in [6.45, 7) is 11.9. The average Bonchev–Trinajstić information content (AvgIpc) is 2.65. The number of hydrogen-bond donors (Lipinski definition) is 6. The van der Waals surface area contributed by atoms with Crippen LogP contribution in [-0.4, -0.2) is 64.2 Å². The minimum Gasteiger partial charge on any atom is -0.480 e. The molecule has 0 aliphatic rings. The van der Waals surface area contributed by atoms with E-state index in [-0.39, 0.29) is 17.8 Å². The fourth-order valence-electron chi connectivity index (χ4n) is 2.66. The second-order valence-electron chi connectivity index (χ2n) is 8.44. The van der Waals surface area contributed by atoms with Gasteiger partial charge in [0.25, 0.3) is 0 Å². The zero-order valence-corrected chi connectivity index (χ0v) is 18.9. The van der Waals surface area contributed by atoms with Crippen LogP contribution in [0.15, 0.2) is 0 Å². The number of rotatable bonds is 12. The lowest BCUT2D eigenvalue weighted by atomic mass is 9.95. The van der Waals surface area contributed by atoms with Gasteiger partial charge in [0.15, 0.2) is 6.04 Å². The largest absolute Gasteiger partial charge is 0.480 e. The van der Waals surface area contributed by atoms with Gasteiger partial charge in [0.2, 0.25) is 17.7 Å². The fourth-order valence-corrected chi connectivity index (χ4v) is 2.66. The number of carbonyl (C=O) groups is 4. The number of carboxylic acid groups (broad SMARTS) is 1. The summed E-state index contributed by atoms with van der Waals surface area (Å²) in [6.07, 6.45) is -0.726. The third-order valence-corrected chi connectivity index (χ3v) is 5.11. The van der Waals surface area contributed by atoms with Gasteiger partial charge in [-0.25, -0.2) is 4.79 Å². The molecule has 30 heavy (non-hydrogen) atoms. The van der Waals surface area contributed by atoms with E-state index in [0.29, 0.717) is 6.42 Å². The molecular weight excluding hydrogens is 392 g/mol. The number of amides is 3. The molecule has 0 saturated carbocycles. The summed E-state index contributed by atoms with van der Waals surface area (Å²) in [5.41, 5.74) is 5.87. The molecule has 0 bridgehead atoms. The van der Waals surface area contributed by atoms with Crippen LogP contribution >= 0.6 is 0 Å². The van der Waals surface area contributed by atoms with Gasteiger partial charge < -0.3 is 31.9 Å². The molecule has 0 heterocycles. The highest BCUT2D eigenvalue weighted by atomic mass is 16.4. The van der Waals surface area contributed by atoms with Crippen molar-refractivity contribution in [2.75, 3.05) is 0 Å². The third kappa shape index (κ3) is 8.27. The van der Waals surface area contributed by atoms with Gasteiger partial charge in [-0.3, -0.25) is 14.4 Å². The van der Waals surface area contributed by atoms with Crippen molar-refractivity contribution in [3.63, 3.8) is 0 Å². The number of aliphatic hydroxyl groups excluding tert-OH is 1. The van der Waals surface area contributed by atoms with Crippen molar-refractivity contribution in [1.29, 1.82) is 0 Å². The molecule has 0 saturated heterocycles. The van der Waals surface area contributed by atoms with Crippen molar-refractivity contribution in [3.8, 4) is 0 Å². The van der Waals surface area contributed by atoms with Crippen molar-refractivity contribution in [2.45, 2.75) is 85.2 Å². The molecule has 10 heteroatoms. The molecular formula is C20H38N4O6. The van der Waals surface area contributed by atoms with Crippen LogP contribution in [-0.2, 0) is 19.2 Å². The van der Waals surface area contributed by atoms with Gasteiger partial charge in [0, 0.05) is 0 Å². The van der Waals surface area contributed by atoms with E-state index in [1.54, 1.807) is 34.6 Å². The predicted octanol–water partition coefficient (Wildman–Crippen LogP) is -0.408. The number of nitrogens with two attached hydrogens (primary N) is 1. The lowest BCUT2D eigenvalue weighted by molar-refractivity contribution is -0.145. The molecule has 3 amide bonds. The fraction of sp³-hybridized carbons (Fsp3) is 0.800. The van der Waals surface area contributed by atoms with E-state index in [1.807, 2.05) is 6.92 Å². The topological polar surface area (TPSA) is 171 Å². The Kier molecular flexibility index (Phi) is 11.6. The van der Waals surface area contributed by atoms with E-state index in [1.165, 1.54) is 6.92 Å². The van der Waals surface area contributed by atoms with Gasteiger partial charge in [-0.2, -0.15) is 0 Å². The highest BCUT2D eigenvalue weighted by molar-refractivity contribution is 5.94. The number of carbonyl (C=O) groups excluding carboxylic acids is 3. The normalized spacial score (nSPS) is 17.4. The molecule has 10 nitrogen and oxygen atoms in total. The maximum absolute atomic E-state index is 12.9. The highest BCUT2D eigenvalue weighted by Gasteiger charge is 2.34. The molecule has 0 aliphatic heterocycles. The van der Waals surface area contributed by atoms with Gasteiger partial charge in [-0.05, 0) is 24.7 Å². The maximum Gasteiger partial charge on any atom is 0.328 e. The van der Waals surface area contributed by atoms with E-state index < -0.39 is 54.0 Å². The molecule has 0 rings (SSSR count). The first-order valence-corrected chi connectivity index (χ1v) is 10.3. The zero-order valence-electron chi connectivity index (χ0n) is 18.9. The summed E-state index contributed by atoms with van der Waals surface area (Å²) >= 11 is 0. The maximum atomic E-state index is 12.9. The van der Waals surface area contributed by atoms with Gasteiger partial charge >= 0.3 is 5.97 Å². The molecule has 0 spiro atoms. The number of aliphatic carboxylic acids is 1. The first-order chi connectivity index (χ1) is 13.7. The lowest BCUT2D eigenvalue weighted by Gasteiger charge is -2.30. The third-order valence-electron chi connectivity index (χ3n) is 5.11. The van der Waals surface area contributed by atoms with Crippen LogP contribution in [0.1, 0.15) is 54.9 Å². The van der Waals surface area contributed by atoms with Gasteiger partial charge in [0.1, 0.15) is 12.1 Å². The number of nitrogens with one attached hydrogen (secondary N) is 3. The zero-order chi connectivity index (χ0) is 23.8. The summed E-state index contributed by atoms with van der Waals surface area (Å²) < 4.78 is 0. The minimum absolute atomic E-state index is 0.117. The molecule has 174 valence electrons. The van der Waals surface area contributed by atoms with Crippen LogP contribution in [0.5, 0.6) is 0 Å². The van der Waals surface area contributed by atoms with Crippen LogP contribution in [0, 0.1) is 17.8 Å². The Balaban J connectivity index is 5.49. The average molecular weight is 431 g/mol. The predicted molar refractivity (Wildman–Crippen MR) is 112 cm³/mol. The molecule has 0 radical (unpaired) electrons. The molecule has 0 aromatic heterocycles. The Morgan fingerprint density at radius 3 is 1.57 bits per heavy atom. The van der Waals surface area contributed by atoms with E-state index >= 15 is 0 Å². The summed E-state index contributed by atoms with van der Waals surface area (Å²) in [6, 6.07) is -4.26. The first-order valence-electron chi connectivity index (χ1n) is 10.3. The van der Waals surface area contributed by atoms with E-state index in [2.05, 4.69) is 16.0 Å². The Morgan fingerprint density at radius 2 is 1.20 bits per heavy atom. The second-order valence-corrected chi connectivity index (χ2v) is 8.44. The van der Waals surface area contributed by atoms with Crippen molar-refractivity contribution in [3.05, 3.63) is 0 Å². The first kappa shape index (κ1) is 27.8. The Bertz CT molecular complexity index is 608. The second kappa shape index (κ2) is 12.5. The molecule has 7 N–H and O–H groups in total. The molecule has 6 unspecified atom stereocenters. The van der Waals surface area contributed by atoms with Crippen molar-refractivity contribution in [1.82, 2.24) is 16.0 Å². The summed E-state index contributed by atoms with van der Waals surface area (Å²) in [4.78, 5) is 49.2. The van der Waals surface area contributed by atoms with Crippen LogP contribution in [0.2, 0.25) is 0 Å². The van der Waals surface area contributed by atoms with Gasteiger partial charge in [-0.15, -0.1) is 0 Å². The quantitative estimate of drug-likeness (QED) is 0.244. The van der Waals surface area contributed by atoms with Gasteiger partial charge in [0.05, 0.1) is 12.1 Å². The van der Waals surface area contributed by atoms with Crippen molar-refractivity contribution < 1.29 is 29.4 Å². The standard InChI is InChI=1S/C20H38N4O6/c1-8-11(6)15(23-17(26)13(21)9(2)3)19(28)22-14(10(4)5)18(27)24-16(12(7)25)20(29)30/h9-16,25H,8,21H2,1-7H3,(H,22,28)(H,23,26)(H,24,27)(H,29,30). The molecule has 0 fully saturated rings. The SMILES string of the molecule is CCC(C)C(NC(=O)C(N)C(C)C)C(=O)NC(C(=O)NC(C(=O)O)C(C)O)C(C)C. The molecule has 0 aromatic rings. The Morgan fingerprint density at radius 1 is 0.767 bits per heavy atom. The van der Waals surface area contributed by atoms with E-state index in [4.69, 9.17) is 10.8 Å². The summed E-state index contributed by atoms with van der Waals surface area (Å²) in [5.74, 6) is -3.87. The van der Waals surface area contributed by atoms with E-state index in [0.717, 1.165) is 0 Å². The van der Waals surface area contributed by atoms with Crippen LogP contribution in [0.25, 0.3) is 0 Å². The molecule has 0 aliphatic carbocycles. The summed E-state index contributed by atoms with van der Waals surface area (Å²) in [5, 5.41) is 26.3. The van der Waals surface area contributed by atoms with Crippen LogP contribution < -0.4 is 21.7 Å². The van der Waals surface area contributed by atoms with Crippen molar-refractivity contribution in [2.24, 2.45) is 23.5 Å². The van der Waals surface area contributed by atoms with Crippen LogP contribution in [0.4, 0.5) is 0 Å². The number of carboxylic acids is 1. The summed E-state index contributed by atoms with van der Waals surface area (Å²) in [7, 11) is 0. The molecule has 6 atom stereocenters. The Hall–Kier alpha value is -2.20. The highest BCUT2D eigenvalue weighted by Crippen LogP contribution is 2.11. The smallest absolute Gasteiger partial charge is 0.328 e. The number of hydrogen-bond acceptors (Lipinski definition) is 6. The lowest BCUT2D eigenvalue weighted by Crippen LogP contribution is -2.60. The van der Waals surface area contributed by atoms with E-state index in [9.17, 15) is 24.3 Å².